The van der Waals surface area contributed by atoms with Crippen LogP contribution in [-0.4, -0.2) is 24.0 Å². The third kappa shape index (κ3) is 4.90. The maximum absolute atomic E-state index is 11.1. The van der Waals surface area contributed by atoms with Crippen LogP contribution in [0.4, 0.5) is 0 Å². The van der Waals surface area contributed by atoms with Gasteiger partial charge in [-0.25, -0.2) is 4.79 Å². The van der Waals surface area contributed by atoms with Crippen molar-refractivity contribution in [1.29, 1.82) is 0 Å². The fourth-order valence-corrected chi connectivity index (χ4v) is 0.997. The molecule has 0 heterocycles. The van der Waals surface area contributed by atoms with Crippen molar-refractivity contribution in [3.05, 3.63) is 52.1 Å². The second-order valence-electron chi connectivity index (χ2n) is 2.97. The molecule has 1 aromatic rings. The van der Waals surface area contributed by atoms with Gasteiger partial charge in [0.1, 0.15) is 0 Å². The fourth-order valence-electron chi connectivity index (χ4n) is 0.997. The van der Waals surface area contributed by atoms with E-state index in [1.165, 1.54) is 6.08 Å². The van der Waals surface area contributed by atoms with Crippen LogP contribution in [0, 0.1) is 10.1 Å². The monoisotopic (exact) mass is 221 g/mol. The molecule has 84 valence electrons. The molecule has 0 aliphatic heterocycles. The van der Waals surface area contributed by atoms with Gasteiger partial charge in [0.05, 0.1) is 0 Å². The largest absolute Gasteiger partial charge is 0.456 e. The van der Waals surface area contributed by atoms with Gasteiger partial charge in [-0.1, -0.05) is 30.3 Å². The molecule has 0 saturated heterocycles. The number of esters is 1. The first-order chi connectivity index (χ1) is 7.68. The molecule has 0 unspecified atom stereocenters. The SMILES string of the molecule is O=C(/C=C/c1ccccc1)OCC[N+](=O)[O-]. The summed E-state index contributed by atoms with van der Waals surface area (Å²) in [6.45, 7) is -0.574. The van der Waals surface area contributed by atoms with Crippen LogP contribution in [0.3, 0.4) is 0 Å². The highest BCUT2D eigenvalue weighted by molar-refractivity contribution is 5.86. The van der Waals surface area contributed by atoms with Crippen LogP contribution >= 0.6 is 0 Å². The Morgan fingerprint density at radius 3 is 2.69 bits per heavy atom. The molecule has 0 radical (unpaired) electrons. The van der Waals surface area contributed by atoms with Crippen molar-refractivity contribution < 1.29 is 14.5 Å². The first-order valence-corrected chi connectivity index (χ1v) is 4.70. The van der Waals surface area contributed by atoms with E-state index in [-0.39, 0.29) is 13.2 Å². The van der Waals surface area contributed by atoms with Crippen LogP contribution < -0.4 is 0 Å². The lowest BCUT2D eigenvalue weighted by molar-refractivity contribution is -0.482. The summed E-state index contributed by atoms with van der Waals surface area (Å²) in [4.78, 5) is 20.5. The smallest absolute Gasteiger partial charge is 0.331 e. The fraction of sp³-hybridized carbons (Fsp3) is 0.182. The molecule has 5 nitrogen and oxygen atoms in total. The number of rotatable bonds is 5. The van der Waals surface area contributed by atoms with Gasteiger partial charge in [0.2, 0.25) is 6.54 Å². The molecule has 0 aliphatic carbocycles. The first-order valence-electron chi connectivity index (χ1n) is 4.70. The van der Waals surface area contributed by atoms with Crippen molar-refractivity contribution in [3.8, 4) is 0 Å². The van der Waals surface area contributed by atoms with Crippen LogP contribution in [0.25, 0.3) is 6.08 Å². The normalized spacial score (nSPS) is 10.2. The second kappa shape index (κ2) is 6.34. The molecule has 0 bridgehead atoms. The third-order valence-corrected chi connectivity index (χ3v) is 1.73. The summed E-state index contributed by atoms with van der Waals surface area (Å²) >= 11 is 0. The summed E-state index contributed by atoms with van der Waals surface area (Å²) in [6.07, 6.45) is 2.84. The van der Waals surface area contributed by atoms with Gasteiger partial charge in [-0.2, -0.15) is 0 Å². The van der Waals surface area contributed by atoms with Crippen LogP contribution in [-0.2, 0) is 9.53 Å². The molecule has 0 amide bonds. The summed E-state index contributed by atoms with van der Waals surface area (Å²) in [5, 5.41) is 9.96. The van der Waals surface area contributed by atoms with Gasteiger partial charge in [0.15, 0.2) is 6.61 Å². The number of carbonyl (C=O) groups is 1. The predicted octanol–water partition coefficient (Wildman–Crippen LogP) is 1.52. The minimum Gasteiger partial charge on any atom is -0.456 e. The van der Waals surface area contributed by atoms with Gasteiger partial charge in [-0.05, 0) is 11.6 Å². The lowest BCUT2D eigenvalue weighted by Crippen LogP contribution is -2.11. The van der Waals surface area contributed by atoms with E-state index in [9.17, 15) is 14.9 Å². The average molecular weight is 221 g/mol. The van der Waals surface area contributed by atoms with E-state index in [1.807, 2.05) is 30.3 Å². The zero-order chi connectivity index (χ0) is 11.8. The van der Waals surface area contributed by atoms with Gasteiger partial charge >= 0.3 is 5.97 Å². The first kappa shape index (κ1) is 11.9. The Hall–Kier alpha value is -2.17. The lowest BCUT2D eigenvalue weighted by Gasteiger charge is -1.96. The highest BCUT2D eigenvalue weighted by atomic mass is 16.6. The average Bonchev–Trinajstić information content (AvgIpc) is 2.27. The summed E-state index contributed by atoms with van der Waals surface area (Å²) in [5.41, 5.74) is 0.869. The second-order valence-corrected chi connectivity index (χ2v) is 2.97. The van der Waals surface area contributed by atoms with Crippen LogP contribution in [0.5, 0.6) is 0 Å². The van der Waals surface area contributed by atoms with Crippen LogP contribution in [0.2, 0.25) is 0 Å². The molecule has 5 heteroatoms. The Labute approximate surface area is 92.5 Å². The lowest BCUT2D eigenvalue weighted by atomic mass is 10.2. The Kier molecular flexibility index (Phi) is 4.72. The molecule has 0 saturated carbocycles. The summed E-state index contributed by atoms with van der Waals surface area (Å²) in [7, 11) is 0. The van der Waals surface area contributed by atoms with E-state index in [0.717, 1.165) is 5.56 Å². The number of nitro groups is 1. The van der Waals surface area contributed by atoms with Crippen LogP contribution in [0.1, 0.15) is 5.56 Å². The number of ether oxygens (including phenoxy) is 1. The summed E-state index contributed by atoms with van der Waals surface area (Å²) in [5.74, 6) is -0.578. The molecule has 0 fully saturated rings. The van der Waals surface area contributed by atoms with Gasteiger partial charge < -0.3 is 4.74 Å². The number of nitrogens with zero attached hydrogens (tertiary/aromatic N) is 1. The van der Waals surface area contributed by atoms with E-state index in [0.29, 0.717) is 0 Å². The van der Waals surface area contributed by atoms with Crippen molar-refractivity contribution in [3.63, 3.8) is 0 Å². The minimum absolute atomic E-state index is 0.203. The molecule has 0 aliphatic rings. The molecule has 0 aromatic heterocycles. The maximum Gasteiger partial charge on any atom is 0.331 e. The Morgan fingerprint density at radius 1 is 1.38 bits per heavy atom. The van der Waals surface area contributed by atoms with Crippen molar-refractivity contribution in [2.24, 2.45) is 0 Å². The molecule has 0 atom stereocenters. The molecule has 16 heavy (non-hydrogen) atoms. The van der Waals surface area contributed by atoms with Crippen molar-refractivity contribution in [1.82, 2.24) is 0 Å². The molecule has 0 N–H and O–H groups in total. The molecular formula is C11H11NO4. The number of hydrogen-bond donors (Lipinski definition) is 0. The summed E-state index contributed by atoms with van der Waals surface area (Å²) < 4.78 is 4.61. The zero-order valence-corrected chi connectivity index (χ0v) is 8.54. The van der Waals surface area contributed by atoms with Gasteiger partial charge in [-0.3, -0.25) is 10.1 Å². The highest BCUT2D eigenvalue weighted by Gasteiger charge is 2.00. The Balaban J connectivity index is 2.34. The van der Waals surface area contributed by atoms with Gasteiger partial charge in [0.25, 0.3) is 0 Å². The number of benzene rings is 1. The molecule has 0 spiro atoms. The molecule has 1 rings (SSSR count). The Bertz CT molecular complexity index is 386. The third-order valence-electron chi connectivity index (χ3n) is 1.73. The number of carbonyl (C=O) groups excluding carboxylic acids is 1. The van der Waals surface area contributed by atoms with E-state index in [4.69, 9.17) is 0 Å². The van der Waals surface area contributed by atoms with E-state index in [2.05, 4.69) is 4.74 Å². The highest BCUT2D eigenvalue weighted by Crippen LogP contribution is 2.00. The minimum atomic E-state index is -0.578. The maximum atomic E-state index is 11.1. The van der Waals surface area contributed by atoms with Gasteiger partial charge in [0, 0.05) is 11.0 Å². The molecule has 1 aromatic carbocycles. The van der Waals surface area contributed by atoms with E-state index in [1.54, 1.807) is 6.08 Å². The van der Waals surface area contributed by atoms with E-state index >= 15 is 0 Å². The number of hydrogen-bond acceptors (Lipinski definition) is 4. The summed E-state index contributed by atoms with van der Waals surface area (Å²) in [6, 6.07) is 9.23. The predicted molar refractivity (Wildman–Crippen MR) is 58.3 cm³/mol. The van der Waals surface area contributed by atoms with Gasteiger partial charge in [-0.15, -0.1) is 0 Å². The molecular weight excluding hydrogens is 210 g/mol. The Morgan fingerprint density at radius 2 is 2.06 bits per heavy atom. The van der Waals surface area contributed by atoms with Crippen molar-refractivity contribution in [2.45, 2.75) is 0 Å². The van der Waals surface area contributed by atoms with Crippen molar-refractivity contribution in [2.75, 3.05) is 13.2 Å². The quantitative estimate of drug-likeness (QED) is 0.327. The topological polar surface area (TPSA) is 69.4 Å². The van der Waals surface area contributed by atoms with Crippen LogP contribution in [0.15, 0.2) is 36.4 Å². The zero-order valence-electron chi connectivity index (χ0n) is 8.54. The van der Waals surface area contributed by atoms with Crippen molar-refractivity contribution >= 4 is 12.0 Å². The standard InChI is InChI=1S/C11H11NO4/c13-11(16-9-8-12(14)15)7-6-10-4-2-1-3-5-10/h1-7H,8-9H2/b7-6+. The van der Waals surface area contributed by atoms with E-state index < -0.39 is 10.9 Å².